The van der Waals surface area contributed by atoms with Gasteiger partial charge in [-0.25, -0.2) is 13.4 Å². The van der Waals surface area contributed by atoms with Crippen LogP contribution in [0.4, 0.5) is 5.69 Å². The summed E-state index contributed by atoms with van der Waals surface area (Å²) in [6, 6.07) is 3.24. The predicted octanol–water partition coefficient (Wildman–Crippen LogP) is 1.22. The molecule has 0 atom stereocenters. The first kappa shape index (κ1) is 15.7. The molecule has 0 saturated carbocycles. The van der Waals surface area contributed by atoms with E-state index in [9.17, 15) is 8.42 Å². The highest BCUT2D eigenvalue weighted by atomic mass is 32.2. The van der Waals surface area contributed by atoms with Crippen LogP contribution in [-0.4, -0.2) is 39.4 Å². The van der Waals surface area contributed by atoms with Gasteiger partial charge >= 0.3 is 0 Å². The maximum absolute atomic E-state index is 11.8. The molecule has 0 spiro atoms. The van der Waals surface area contributed by atoms with Crippen LogP contribution in [0.1, 0.15) is 19.8 Å². The largest absolute Gasteiger partial charge is 0.481 e. The third-order valence-corrected chi connectivity index (χ3v) is 3.79. The van der Waals surface area contributed by atoms with E-state index in [1.54, 1.807) is 12.1 Å². The highest BCUT2D eigenvalue weighted by Crippen LogP contribution is 2.12. The minimum absolute atomic E-state index is 0.0930. The second kappa shape index (κ2) is 7.96. The molecule has 1 heterocycles. The Morgan fingerprint density at radius 1 is 1.32 bits per heavy atom. The average Bonchev–Trinajstić information content (AvgIpc) is 2.39. The fraction of sp³-hybridized carbons (Fsp3) is 0.583. The summed E-state index contributed by atoms with van der Waals surface area (Å²) in [6.07, 6.45) is 3.06. The zero-order valence-corrected chi connectivity index (χ0v) is 12.2. The van der Waals surface area contributed by atoms with Crippen molar-refractivity contribution in [3.05, 3.63) is 18.3 Å². The van der Waals surface area contributed by atoms with E-state index >= 15 is 0 Å². The average molecular weight is 287 g/mol. The Kier molecular flexibility index (Phi) is 6.58. The van der Waals surface area contributed by atoms with Gasteiger partial charge in [0.15, 0.2) is 0 Å². The molecule has 19 heavy (non-hydrogen) atoms. The van der Waals surface area contributed by atoms with Gasteiger partial charge in [0.2, 0.25) is 15.9 Å². The number of hydrogen-bond donors (Lipinski definition) is 2. The zero-order valence-electron chi connectivity index (χ0n) is 11.3. The van der Waals surface area contributed by atoms with Gasteiger partial charge < -0.3 is 10.1 Å². The lowest BCUT2D eigenvalue weighted by Crippen LogP contribution is -2.22. The summed E-state index contributed by atoms with van der Waals surface area (Å²) in [4.78, 5) is 3.94. The van der Waals surface area contributed by atoms with Crippen molar-refractivity contribution in [2.75, 3.05) is 30.7 Å². The minimum Gasteiger partial charge on any atom is -0.481 e. The van der Waals surface area contributed by atoms with Crippen LogP contribution < -0.4 is 14.8 Å². The van der Waals surface area contributed by atoms with Gasteiger partial charge in [-0.1, -0.05) is 6.92 Å². The maximum atomic E-state index is 11.8. The van der Waals surface area contributed by atoms with Gasteiger partial charge in [0.1, 0.15) is 0 Å². The number of anilines is 1. The van der Waals surface area contributed by atoms with E-state index in [1.807, 2.05) is 0 Å². The first-order valence-corrected chi connectivity index (χ1v) is 7.94. The molecular formula is C12H21N3O3S. The Balaban J connectivity index is 2.40. The molecule has 108 valence electrons. The van der Waals surface area contributed by atoms with Crippen molar-refractivity contribution < 1.29 is 13.2 Å². The molecule has 0 aromatic carbocycles. The van der Waals surface area contributed by atoms with Crippen molar-refractivity contribution in [1.82, 2.24) is 10.3 Å². The van der Waals surface area contributed by atoms with Gasteiger partial charge in [-0.15, -0.1) is 0 Å². The molecule has 2 N–H and O–H groups in total. The van der Waals surface area contributed by atoms with E-state index in [0.717, 1.165) is 13.0 Å². The van der Waals surface area contributed by atoms with E-state index in [0.29, 0.717) is 24.5 Å². The molecule has 0 unspecified atom stereocenters. The molecule has 6 nitrogen and oxygen atoms in total. The number of nitrogens with zero attached hydrogens (tertiary/aromatic N) is 1. The van der Waals surface area contributed by atoms with Crippen molar-refractivity contribution in [1.29, 1.82) is 0 Å². The summed E-state index contributed by atoms with van der Waals surface area (Å²) >= 11 is 0. The molecule has 0 bridgehead atoms. The van der Waals surface area contributed by atoms with Crippen molar-refractivity contribution in [2.45, 2.75) is 19.8 Å². The summed E-state index contributed by atoms with van der Waals surface area (Å²) < 4.78 is 31.0. The fourth-order valence-electron chi connectivity index (χ4n) is 1.48. The number of pyridine rings is 1. The normalized spacial score (nSPS) is 11.3. The van der Waals surface area contributed by atoms with Gasteiger partial charge in [0.05, 0.1) is 24.7 Å². The zero-order chi connectivity index (χ0) is 14.1. The molecule has 0 aliphatic carbocycles. The Morgan fingerprint density at radius 3 is 2.68 bits per heavy atom. The maximum Gasteiger partial charge on any atom is 0.232 e. The predicted molar refractivity (Wildman–Crippen MR) is 76.0 cm³/mol. The van der Waals surface area contributed by atoms with Gasteiger partial charge in [0.25, 0.3) is 0 Å². The second-order valence-corrected chi connectivity index (χ2v) is 5.96. The first-order valence-electron chi connectivity index (χ1n) is 6.28. The van der Waals surface area contributed by atoms with Crippen molar-refractivity contribution in [3.63, 3.8) is 0 Å². The molecule has 0 radical (unpaired) electrons. The SMILES string of the molecule is CCCNCCCS(=O)(=O)Nc1ccc(OC)nc1. The Bertz CT molecular complexity index is 460. The van der Waals surface area contributed by atoms with Crippen molar-refractivity contribution in [2.24, 2.45) is 0 Å². The summed E-state index contributed by atoms with van der Waals surface area (Å²) in [5.41, 5.74) is 0.447. The molecule has 0 aliphatic rings. The van der Waals surface area contributed by atoms with Crippen LogP contribution >= 0.6 is 0 Å². The van der Waals surface area contributed by atoms with Gasteiger partial charge in [-0.3, -0.25) is 4.72 Å². The van der Waals surface area contributed by atoms with E-state index in [1.165, 1.54) is 13.3 Å². The lowest BCUT2D eigenvalue weighted by Gasteiger charge is -2.08. The van der Waals surface area contributed by atoms with E-state index in [2.05, 4.69) is 21.9 Å². The van der Waals surface area contributed by atoms with Crippen LogP contribution in [-0.2, 0) is 10.0 Å². The molecule has 0 fully saturated rings. The summed E-state index contributed by atoms with van der Waals surface area (Å²) in [6.45, 7) is 3.69. The highest BCUT2D eigenvalue weighted by Gasteiger charge is 2.10. The molecule has 0 amide bonds. The Morgan fingerprint density at radius 2 is 2.11 bits per heavy atom. The topological polar surface area (TPSA) is 80.3 Å². The molecule has 1 rings (SSSR count). The molecule has 1 aromatic rings. The number of nitrogens with one attached hydrogen (secondary N) is 2. The van der Waals surface area contributed by atoms with E-state index < -0.39 is 10.0 Å². The van der Waals surface area contributed by atoms with Crippen molar-refractivity contribution in [3.8, 4) is 5.88 Å². The third kappa shape index (κ3) is 6.40. The first-order chi connectivity index (χ1) is 9.07. The molecule has 7 heteroatoms. The number of rotatable bonds is 9. The summed E-state index contributed by atoms with van der Waals surface area (Å²) in [5.74, 6) is 0.544. The van der Waals surface area contributed by atoms with Crippen LogP contribution in [0.15, 0.2) is 18.3 Å². The minimum atomic E-state index is -3.31. The van der Waals surface area contributed by atoms with Crippen LogP contribution in [0.2, 0.25) is 0 Å². The smallest absolute Gasteiger partial charge is 0.232 e. The monoisotopic (exact) mass is 287 g/mol. The molecule has 0 aliphatic heterocycles. The number of sulfonamides is 1. The second-order valence-electron chi connectivity index (χ2n) is 4.11. The Hall–Kier alpha value is -1.34. The fourth-order valence-corrected chi connectivity index (χ4v) is 2.59. The van der Waals surface area contributed by atoms with Crippen LogP contribution in [0, 0.1) is 0 Å². The van der Waals surface area contributed by atoms with Crippen molar-refractivity contribution >= 4 is 15.7 Å². The molecular weight excluding hydrogens is 266 g/mol. The summed E-state index contributed by atoms with van der Waals surface area (Å²) in [7, 11) is -1.80. The molecule has 1 aromatic heterocycles. The van der Waals surface area contributed by atoms with Crippen LogP contribution in [0.25, 0.3) is 0 Å². The van der Waals surface area contributed by atoms with Crippen LogP contribution in [0.5, 0.6) is 5.88 Å². The number of methoxy groups -OCH3 is 1. The van der Waals surface area contributed by atoms with Crippen LogP contribution in [0.3, 0.4) is 0 Å². The quantitative estimate of drug-likeness (QED) is 0.668. The lowest BCUT2D eigenvalue weighted by atomic mass is 10.4. The summed E-state index contributed by atoms with van der Waals surface area (Å²) in [5, 5.41) is 3.17. The lowest BCUT2D eigenvalue weighted by molar-refractivity contribution is 0.398. The van der Waals surface area contributed by atoms with E-state index in [4.69, 9.17) is 4.74 Å². The Labute approximate surface area is 114 Å². The molecule has 0 saturated heterocycles. The number of aromatic nitrogens is 1. The van der Waals surface area contributed by atoms with Gasteiger partial charge in [-0.2, -0.15) is 0 Å². The van der Waals surface area contributed by atoms with Gasteiger partial charge in [0, 0.05) is 6.07 Å². The highest BCUT2D eigenvalue weighted by molar-refractivity contribution is 7.92. The number of hydrogen-bond acceptors (Lipinski definition) is 5. The van der Waals surface area contributed by atoms with E-state index in [-0.39, 0.29) is 5.75 Å². The standard InChI is InChI=1S/C12H21N3O3S/c1-3-7-13-8-4-9-19(16,17)15-11-5-6-12(18-2)14-10-11/h5-6,10,13,15H,3-4,7-9H2,1-2H3. The van der Waals surface area contributed by atoms with Gasteiger partial charge in [-0.05, 0) is 32.0 Å². The number of ether oxygens (including phenoxy) is 1. The third-order valence-electron chi connectivity index (χ3n) is 2.41.